The first-order valence-corrected chi connectivity index (χ1v) is 8.39. The molecule has 26 heavy (non-hydrogen) atoms. The molecule has 0 spiro atoms. The van der Waals surface area contributed by atoms with Crippen molar-refractivity contribution in [2.45, 2.75) is 19.4 Å². The fourth-order valence-corrected chi connectivity index (χ4v) is 2.43. The summed E-state index contributed by atoms with van der Waals surface area (Å²) in [6.45, 7) is 1.01. The highest BCUT2D eigenvalue weighted by molar-refractivity contribution is 5.94. The van der Waals surface area contributed by atoms with E-state index in [1.807, 2.05) is 60.7 Å². The second-order valence-electron chi connectivity index (χ2n) is 5.64. The van der Waals surface area contributed by atoms with Crippen LogP contribution in [0, 0.1) is 22.7 Å². The third-order valence-electron chi connectivity index (χ3n) is 3.80. The summed E-state index contributed by atoms with van der Waals surface area (Å²) in [6.07, 6.45) is 1.14. The molecule has 0 aromatic heterocycles. The van der Waals surface area contributed by atoms with Crippen LogP contribution in [0.25, 0.3) is 0 Å². The maximum absolute atomic E-state index is 12.0. The van der Waals surface area contributed by atoms with Crippen molar-refractivity contribution in [3.8, 4) is 12.1 Å². The minimum absolute atomic E-state index is 0.0790. The molecule has 0 saturated heterocycles. The Balaban J connectivity index is 1.87. The van der Waals surface area contributed by atoms with Crippen LogP contribution in [0.4, 0.5) is 0 Å². The molecule has 0 unspecified atom stereocenters. The number of nitrogens with zero attached hydrogens (tertiary/aromatic N) is 2. The molecule has 2 aromatic rings. The number of rotatable bonds is 8. The molecule has 0 aliphatic carbocycles. The number of hydrogen-bond donors (Lipinski definition) is 2. The van der Waals surface area contributed by atoms with Crippen molar-refractivity contribution >= 4 is 5.91 Å². The van der Waals surface area contributed by atoms with Gasteiger partial charge in [0, 0.05) is 24.4 Å². The van der Waals surface area contributed by atoms with Crippen LogP contribution >= 0.6 is 0 Å². The minimum Gasteiger partial charge on any atom is -0.383 e. The highest BCUT2D eigenvalue weighted by Gasteiger charge is 2.08. The van der Waals surface area contributed by atoms with Crippen molar-refractivity contribution in [1.29, 1.82) is 10.5 Å². The van der Waals surface area contributed by atoms with Gasteiger partial charge in [0.05, 0.1) is 0 Å². The van der Waals surface area contributed by atoms with Gasteiger partial charge in [-0.05, 0) is 30.5 Å². The lowest BCUT2D eigenvalue weighted by Crippen LogP contribution is -2.25. The van der Waals surface area contributed by atoms with E-state index in [-0.39, 0.29) is 11.5 Å². The molecule has 0 heterocycles. The first kappa shape index (κ1) is 18.8. The van der Waals surface area contributed by atoms with Crippen LogP contribution in [-0.2, 0) is 6.54 Å². The van der Waals surface area contributed by atoms with E-state index >= 15 is 0 Å². The summed E-state index contributed by atoms with van der Waals surface area (Å²) in [5.74, 6) is -0.130. The van der Waals surface area contributed by atoms with Crippen molar-refractivity contribution in [1.82, 2.24) is 10.6 Å². The first-order valence-electron chi connectivity index (χ1n) is 8.39. The zero-order chi connectivity index (χ0) is 18.6. The molecule has 0 atom stereocenters. The minimum atomic E-state index is -0.130. The molecular formula is C21H20N4O. The van der Waals surface area contributed by atoms with Crippen LogP contribution in [-0.4, -0.2) is 12.5 Å². The maximum Gasteiger partial charge on any atom is 0.251 e. The number of nitrogens with one attached hydrogen (secondary N) is 2. The molecule has 0 radical (unpaired) electrons. The molecule has 2 rings (SSSR count). The van der Waals surface area contributed by atoms with E-state index in [1.54, 1.807) is 12.1 Å². The Morgan fingerprint density at radius 2 is 1.50 bits per heavy atom. The SMILES string of the molecule is N#CC(C#N)=C(CCCNC(=O)c1ccccc1)NCc1ccccc1. The van der Waals surface area contributed by atoms with Crippen LogP contribution in [0.3, 0.4) is 0 Å². The number of nitriles is 2. The Morgan fingerprint density at radius 1 is 0.885 bits per heavy atom. The Kier molecular flexibility index (Phi) is 7.45. The number of benzene rings is 2. The monoisotopic (exact) mass is 344 g/mol. The lowest BCUT2D eigenvalue weighted by molar-refractivity contribution is 0.0953. The topological polar surface area (TPSA) is 88.7 Å². The van der Waals surface area contributed by atoms with Gasteiger partial charge in [0.2, 0.25) is 0 Å². The summed E-state index contributed by atoms with van der Waals surface area (Å²) >= 11 is 0. The quantitative estimate of drug-likeness (QED) is 0.568. The fraction of sp³-hybridized carbons (Fsp3) is 0.190. The summed E-state index contributed by atoms with van der Waals surface area (Å²) in [5.41, 5.74) is 2.36. The lowest BCUT2D eigenvalue weighted by Gasteiger charge is -2.12. The summed E-state index contributed by atoms with van der Waals surface area (Å²) in [7, 11) is 0. The highest BCUT2D eigenvalue weighted by atomic mass is 16.1. The van der Waals surface area contributed by atoms with Gasteiger partial charge in [-0.2, -0.15) is 10.5 Å². The summed E-state index contributed by atoms with van der Waals surface area (Å²) in [5, 5.41) is 24.3. The first-order chi connectivity index (χ1) is 12.7. The number of allylic oxidation sites excluding steroid dienone is 2. The molecular weight excluding hydrogens is 324 g/mol. The second-order valence-corrected chi connectivity index (χ2v) is 5.64. The van der Waals surface area contributed by atoms with Gasteiger partial charge < -0.3 is 10.6 Å². The van der Waals surface area contributed by atoms with Gasteiger partial charge in [0.25, 0.3) is 5.91 Å². The van der Waals surface area contributed by atoms with Crippen LogP contribution in [0.1, 0.15) is 28.8 Å². The van der Waals surface area contributed by atoms with Gasteiger partial charge >= 0.3 is 0 Å². The van der Waals surface area contributed by atoms with E-state index in [4.69, 9.17) is 10.5 Å². The van der Waals surface area contributed by atoms with Gasteiger partial charge in [-0.15, -0.1) is 0 Å². The molecule has 0 bridgehead atoms. The average Bonchev–Trinajstić information content (AvgIpc) is 2.70. The largest absolute Gasteiger partial charge is 0.383 e. The summed E-state index contributed by atoms with van der Waals surface area (Å²) < 4.78 is 0. The normalized spacial score (nSPS) is 9.46. The summed E-state index contributed by atoms with van der Waals surface area (Å²) in [6, 6.07) is 22.6. The van der Waals surface area contributed by atoms with Crippen molar-refractivity contribution in [2.24, 2.45) is 0 Å². The van der Waals surface area contributed by atoms with E-state index in [2.05, 4.69) is 10.6 Å². The predicted molar refractivity (Wildman–Crippen MR) is 99.5 cm³/mol. The Hall–Kier alpha value is -3.57. The number of amides is 1. The van der Waals surface area contributed by atoms with Crippen LogP contribution < -0.4 is 10.6 Å². The van der Waals surface area contributed by atoms with Gasteiger partial charge in [-0.25, -0.2) is 0 Å². The molecule has 2 aromatic carbocycles. The standard InChI is InChI=1S/C21H20N4O/c22-14-19(15-23)20(25-16-17-8-3-1-4-9-17)12-7-13-24-21(26)18-10-5-2-6-11-18/h1-6,8-11,25H,7,12-13,16H2,(H,24,26). The molecule has 0 saturated carbocycles. The molecule has 1 amide bonds. The number of carbonyl (C=O) groups excluding carboxylic acids is 1. The van der Waals surface area contributed by atoms with E-state index in [1.165, 1.54) is 0 Å². The molecule has 5 nitrogen and oxygen atoms in total. The van der Waals surface area contributed by atoms with Crippen LogP contribution in [0.2, 0.25) is 0 Å². The third kappa shape index (κ3) is 5.81. The molecule has 0 fully saturated rings. The summed E-state index contributed by atoms with van der Waals surface area (Å²) in [4.78, 5) is 12.0. The number of carbonyl (C=O) groups is 1. The molecule has 0 aliphatic heterocycles. The predicted octanol–water partition coefficient (Wildman–Crippen LogP) is 3.29. The average molecular weight is 344 g/mol. The highest BCUT2D eigenvalue weighted by Crippen LogP contribution is 2.09. The van der Waals surface area contributed by atoms with Crippen molar-refractivity contribution in [3.63, 3.8) is 0 Å². The molecule has 130 valence electrons. The van der Waals surface area contributed by atoms with E-state index in [0.29, 0.717) is 37.2 Å². The van der Waals surface area contributed by atoms with Gasteiger partial charge in [-0.1, -0.05) is 48.5 Å². The fourth-order valence-electron chi connectivity index (χ4n) is 2.43. The molecule has 0 aliphatic rings. The third-order valence-corrected chi connectivity index (χ3v) is 3.80. The molecule has 5 heteroatoms. The Morgan fingerprint density at radius 3 is 2.12 bits per heavy atom. The molecule has 2 N–H and O–H groups in total. The van der Waals surface area contributed by atoms with Gasteiger partial charge in [0.15, 0.2) is 0 Å². The van der Waals surface area contributed by atoms with Crippen molar-refractivity contribution in [2.75, 3.05) is 6.54 Å². The van der Waals surface area contributed by atoms with Gasteiger partial charge in [-0.3, -0.25) is 4.79 Å². The van der Waals surface area contributed by atoms with Gasteiger partial charge in [0.1, 0.15) is 17.7 Å². The van der Waals surface area contributed by atoms with E-state index < -0.39 is 0 Å². The lowest BCUT2D eigenvalue weighted by atomic mass is 10.1. The maximum atomic E-state index is 12.0. The van der Waals surface area contributed by atoms with Crippen LogP contribution in [0.15, 0.2) is 71.9 Å². The smallest absolute Gasteiger partial charge is 0.251 e. The Bertz CT molecular complexity index is 814. The van der Waals surface area contributed by atoms with Crippen molar-refractivity contribution in [3.05, 3.63) is 83.1 Å². The zero-order valence-corrected chi connectivity index (χ0v) is 14.4. The van der Waals surface area contributed by atoms with Crippen LogP contribution in [0.5, 0.6) is 0 Å². The van der Waals surface area contributed by atoms with Crippen molar-refractivity contribution < 1.29 is 4.79 Å². The zero-order valence-electron chi connectivity index (χ0n) is 14.4. The van der Waals surface area contributed by atoms with E-state index in [0.717, 1.165) is 5.56 Å². The Labute approximate surface area is 153 Å². The number of hydrogen-bond acceptors (Lipinski definition) is 4. The second kappa shape index (κ2) is 10.3. The van der Waals surface area contributed by atoms with E-state index in [9.17, 15) is 4.79 Å².